The maximum Gasteiger partial charge on any atom is 0.272 e. The number of carbonyl (C=O) groups excluding carboxylic acids is 1. The van der Waals surface area contributed by atoms with E-state index in [2.05, 4.69) is 14.1 Å². The molecular formula is C7H13ClN4OS. The van der Waals surface area contributed by atoms with Gasteiger partial charge in [0.05, 0.1) is 17.9 Å². The molecule has 0 bridgehead atoms. The number of nitrogens with two attached hydrogens (primary N) is 1. The molecule has 80 valence electrons. The summed E-state index contributed by atoms with van der Waals surface area (Å²) in [5.41, 5.74) is 5.69. The highest BCUT2D eigenvalue weighted by Gasteiger charge is 2.06. The number of nitrogens with one attached hydrogen (secondary N) is 1. The highest BCUT2D eigenvalue weighted by Crippen LogP contribution is 1.94. The SMILES string of the molecule is Cl.NCCCCNC(=O)c1cnsn1. The second-order valence-corrected chi connectivity index (χ2v) is 3.10. The molecule has 1 aromatic heterocycles. The zero-order valence-electron chi connectivity index (χ0n) is 7.60. The Bertz CT molecular complexity index is 254. The van der Waals surface area contributed by atoms with Crippen LogP contribution in [0, 0.1) is 0 Å². The summed E-state index contributed by atoms with van der Waals surface area (Å²) in [5, 5.41) is 2.73. The predicted octanol–water partition coefficient (Wildman–Crippen LogP) is 0.429. The van der Waals surface area contributed by atoms with Crippen molar-refractivity contribution in [1.29, 1.82) is 0 Å². The molecule has 1 heterocycles. The number of unbranched alkanes of at least 4 members (excludes halogenated alkanes) is 1. The Morgan fingerprint density at radius 1 is 1.57 bits per heavy atom. The van der Waals surface area contributed by atoms with Crippen molar-refractivity contribution in [2.24, 2.45) is 5.73 Å². The number of amides is 1. The Morgan fingerprint density at radius 2 is 2.36 bits per heavy atom. The second kappa shape index (κ2) is 7.66. The maximum absolute atomic E-state index is 11.2. The number of rotatable bonds is 5. The fourth-order valence-corrected chi connectivity index (χ4v) is 1.24. The van der Waals surface area contributed by atoms with Gasteiger partial charge in [0.15, 0.2) is 5.69 Å². The van der Waals surface area contributed by atoms with Crippen LogP contribution < -0.4 is 11.1 Å². The van der Waals surface area contributed by atoms with E-state index < -0.39 is 0 Å². The van der Waals surface area contributed by atoms with Crippen LogP contribution in [0.5, 0.6) is 0 Å². The van der Waals surface area contributed by atoms with E-state index in [0.717, 1.165) is 24.6 Å². The summed E-state index contributed by atoms with van der Waals surface area (Å²) in [7, 11) is 0. The zero-order chi connectivity index (χ0) is 9.52. The summed E-state index contributed by atoms with van der Waals surface area (Å²) in [6.07, 6.45) is 3.29. The highest BCUT2D eigenvalue weighted by atomic mass is 35.5. The third-order valence-corrected chi connectivity index (χ3v) is 1.99. The average Bonchev–Trinajstić information content (AvgIpc) is 2.65. The van der Waals surface area contributed by atoms with Gasteiger partial charge in [0.2, 0.25) is 0 Å². The molecule has 1 amide bonds. The van der Waals surface area contributed by atoms with Crippen LogP contribution in [0.4, 0.5) is 0 Å². The first-order chi connectivity index (χ1) is 6.34. The number of carbonyl (C=O) groups is 1. The first-order valence-electron chi connectivity index (χ1n) is 4.10. The quantitative estimate of drug-likeness (QED) is 0.727. The van der Waals surface area contributed by atoms with Gasteiger partial charge in [-0.1, -0.05) is 0 Å². The predicted molar refractivity (Wildman–Crippen MR) is 57.8 cm³/mol. The maximum atomic E-state index is 11.2. The molecule has 0 aliphatic rings. The lowest BCUT2D eigenvalue weighted by Gasteiger charge is -2.00. The van der Waals surface area contributed by atoms with E-state index in [1.54, 1.807) is 0 Å². The van der Waals surface area contributed by atoms with Gasteiger partial charge < -0.3 is 11.1 Å². The lowest BCUT2D eigenvalue weighted by molar-refractivity contribution is 0.0949. The molecule has 0 radical (unpaired) electrons. The van der Waals surface area contributed by atoms with Crippen LogP contribution in [-0.2, 0) is 0 Å². The highest BCUT2D eigenvalue weighted by molar-refractivity contribution is 6.99. The lowest BCUT2D eigenvalue weighted by Crippen LogP contribution is -2.25. The van der Waals surface area contributed by atoms with E-state index >= 15 is 0 Å². The minimum Gasteiger partial charge on any atom is -0.351 e. The van der Waals surface area contributed by atoms with Gasteiger partial charge in [-0.15, -0.1) is 12.4 Å². The molecular weight excluding hydrogens is 224 g/mol. The van der Waals surface area contributed by atoms with Crippen molar-refractivity contribution in [3.05, 3.63) is 11.9 Å². The fourth-order valence-electron chi connectivity index (χ4n) is 0.827. The number of nitrogens with zero attached hydrogens (tertiary/aromatic N) is 2. The van der Waals surface area contributed by atoms with Crippen LogP contribution in [0.2, 0.25) is 0 Å². The van der Waals surface area contributed by atoms with Crippen LogP contribution in [0.15, 0.2) is 6.20 Å². The van der Waals surface area contributed by atoms with Crippen molar-refractivity contribution in [2.75, 3.05) is 13.1 Å². The van der Waals surface area contributed by atoms with Gasteiger partial charge in [-0.25, -0.2) is 0 Å². The summed E-state index contributed by atoms with van der Waals surface area (Å²) in [4.78, 5) is 11.2. The first kappa shape index (κ1) is 13.3. The first-order valence-corrected chi connectivity index (χ1v) is 4.83. The molecule has 3 N–H and O–H groups in total. The summed E-state index contributed by atoms with van der Waals surface area (Å²) < 4.78 is 7.55. The Kier molecular flexibility index (Phi) is 7.27. The molecule has 7 heteroatoms. The average molecular weight is 237 g/mol. The largest absolute Gasteiger partial charge is 0.351 e. The van der Waals surface area contributed by atoms with E-state index in [9.17, 15) is 4.79 Å². The Morgan fingerprint density at radius 3 is 2.93 bits per heavy atom. The lowest BCUT2D eigenvalue weighted by atomic mass is 10.3. The zero-order valence-corrected chi connectivity index (χ0v) is 9.24. The number of hydrogen-bond donors (Lipinski definition) is 2. The van der Waals surface area contributed by atoms with E-state index in [1.165, 1.54) is 6.20 Å². The molecule has 0 aliphatic carbocycles. The summed E-state index contributed by atoms with van der Waals surface area (Å²) >= 11 is 1.03. The van der Waals surface area contributed by atoms with Crippen molar-refractivity contribution < 1.29 is 4.79 Å². The monoisotopic (exact) mass is 236 g/mol. The molecule has 0 aliphatic heterocycles. The smallest absolute Gasteiger partial charge is 0.272 e. The minimum absolute atomic E-state index is 0. The molecule has 0 aromatic carbocycles. The third kappa shape index (κ3) is 4.50. The van der Waals surface area contributed by atoms with Crippen molar-refractivity contribution in [3.8, 4) is 0 Å². The molecule has 0 spiro atoms. The van der Waals surface area contributed by atoms with E-state index in [1.807, 2.05) is 0 Å². The van der Waals surface area contributed by atoms with Crippen molar-refractivity contribution in [1.82, 2.24) is 14.1 Å². The molecule has 1 aromatic rings. The van der Waals surface area contributed by atoms with Gasteiger partial charge in [-0.2, -0.15) is 8.75 Å². The number of hydrogen-bond acceptors (Lipinski definition) is 5. The molecule has 0 fully saturated rings. The summed E-state index contributed by atoms with van der Waals surface area (Å²) in [6.45, 7) is 1.31. The van der Waals surface area contributed by atoms with E-state index in [-0.39, 0.29) is 18.3 Å². The second-order valence-electron chi connectivity index (χ2n) is 2.54. The minimum atomic E-state index is -0.161. The molecule has 14 heavy (non-hydrogen) atoms. The molecule has 5 nitrogen and oxygen atoms in total. The van der Waals surface area contributed by atoms with Crippen LogP contribution in [0.1, 0.15) is 23.3 Å². The van der Waals surface area contributed by atoms with Crippen LogP contribution in [0.25, 0.3) is 0 Å². The Balaban J connectivity index is 0.00000169. The molecule has 1 rings (SSSR count). The molecule has 0 unspecified atom stereocenters. The van der Waals surface area contributed by atoms with Crippen LogP contribution in [0.3, 0.4) is 0 Å². The molecule has 0 saturated heterocycles. The number of halogens is 1. The van der Waals surface area contributed by atoms with Gasteiger partial charge in [-0.3, -0.25) is 4.79 Å². The molecule has 0 saturated carbocycles. The topological polar surface area (TPSA) is 80.9 Å². The Hall–Kier alpha value is -0.720. The fraction of sp³-hybridized carbons (Fsp3) is 0.571. The third-order valence-electron chi connectivity index (χ3n) is 1.51. The summed E-state index contributed by atoms with van der Waals surface area (Å²) in [5.74, 6) is -0.161. The Labute approximate surface area is 92.8 Å². The summed E-state index contributed by atoms with van der Waals surface area (Å²) in [6, 6.07) is 0. The number of aromatic nitrogens is 2. The molecule has 0 atom stereocenters. The van der Waals surface area contributed by atoms with E-state index in [0.29, 0.717) is 18.8 Å². The van der Waals surface area contributed by atoms with Gasteiger partial charge in [0.1, 0.15) is 0 Å². The van der Waals surface area contributed by atoms with Gasteiger partial charge in [0, 0.05) is 6.54 Å². The van der Waals surface area contributed by atoms with Crippen LogP contribution >= 0.6 is 24.1 Å². The van der Waals surface area contributed by atoms with Gasteiger partial charge in [0.25, 0.3) is 5.91 Å². The van der Waals surface area contributed by atoms with Crippen molar-refractivity contribution in [3.63, 3.8) is 0 Å². The van der Waals surface area contributed by atoms with Crippen LogP contribution in [-0.4, -0.2) is 27.7 Å². The van der Waals surface area contributed by atoms with Crippen molar-refractivity contribution >= 4 is 30.0 Å². The van der Waals surface area contributed by atoms with Gasteiger partial charge in [-0.05, 0) is 19.4 Å². The van der Waals surface area contributed by atoms with E-state index in [4.69, 9.17) is 5.73 Å². The standard InChI is InChI=1S/C7H12N4OS.ClH/c8-3-1-2-4-9-7(12)6-5-10-13-11-6;/h5H,1-4,8H2,(H,9,12);1H. The normalized spacial score (nSPS) is 9.21. The van der Waals surface area contributed by atoms with Crippen molar-refractivity contribution in [2.45, 2.75) is 12.8 Å². The van der Waals surface area contributed by atoms with Gasteiger partial charge >= 0.3 is 0 Å².